The molecule has 1 fully saturated rings. The Morgan fingerprint density at radius 1 is 1.08 bits per heavy atom. The van der Waals surface area contributed by atoms with Crippen molar-refractivity contribution in [2.24, 2.45) is 5.92 Å². The fourth-order valence-corrected chi connectivity index (χ4v) is 3.55. The van der Waals surface area contributed by atoms with Gasteiger partial charge in [0.15, 0.2) is 0 Å². The minimum Gasteiger partial charge on any atom is -0.478 e. The SMILES string of the molecule is CCCCCCOC1CCC(CCc2ccc(C(=O)O)cc2)CC1. The first-order chi connectivity index (χ1) is 11.7. The van der Waals surface area contributed by atoms with Gasteiger partial charge in [-0.1, -0.05) is 38.3 Å². The average Bonchev–Trinajstić information content (AvgIpc) is 2.61. The Labute approximate surface area is 146 Å². The average molecular weight is 332 g/mol. The van der Waals surface area contributed by atoms with E-state index in [1.165, 1.54) is 63.4 Å². The van der Waals surface area contributed by atoms with Crippen molar-refractivity contribution in [3.8, 4) is 0 Å². The van der Waals surface area contributed by atoms with Gasteiger partial charge >= 0.3 is 5.97 Å². The Kier molecular flexibility index (Phi) is 8.31. The van der Waals surface area contributed by atoms with Crippen LogP contribution in [0.15, 0.2) is 24.3 Å². The molecule has 0 saturated heterocycles. The van der Waals surface area contributed by atoms with E-state index in [0.717, 1.165) is 18.9 Å². The molecule has 3 nitrogen and oxygen atoms in total. The molecular formula is C21H32O3. The fraction of sp³-hybridized carbons (Fsp3) is 0.667. The predicted molar refractivity (Wildman–Crippen MR) is 97.6 cm³/mol. The van der Waals surface area contributed by atoms with Gasteiger partial charge in [-0.2, -0.15) is 0 Å². The largest absolute Gasteiger partial charge is 0.478 e. The fourth-order valence-electron chi connectivity index (χ4n) is 3.55. The summed E-state index contributed by atoms with van der Waals surface area (Å²) in [5, 5.41) is 8.93. The van der Waals surface area contributed by atoms with Crippen LogP contribution in [0.5, 0.6) is 0 Å². The summed E-state index contributed by atoms with van der Waals surface area (Å²) in [4.78, 5) is 10.9. The number of aryl methyl sites for hydroxylation is 1. The smallest absolute Gasteiger partial charge is 0.335 e. The summed E-state index contributed by atoms with van der Waals surface area (Å²) in [5.41, 5.74) is 1.62. The molecule has 1 aromatic carbocycles. The number of carboxylic acid groups (broad SMARTS) is 1. The molecule has 24 heavy (non-hydrogen) atoms. The molecule has 2 rings (SSSR count). The molecule has 0 bridgehead atoms. The summed E-state index contributed by atoms with van der Waals surface area (Å²) in [6.45, 7) is 3.17. The van der Waals surface area contributed by atoms with Crippen molar-refractivity contribution in [2.45, 2.75) is 77.2 Å². The lowest BCUT2D eigenvalue weighted by Crippen LogP contribution is -2.22. The molecule has 0 heterocycles. The molecule has 1 aromatic rings. The lowest BCUT2D eigenvalue weighted by molar-refractivity contribution is 0.0154. The van der Waals surface area contributed by atoms with E-state index in [9.17, 15) is 4.79 Å². The maximum absolute atomic E-state index is 10.9. The summed E-state index contributed by atoms with van der Waals surface area (Å²) in [7, 11) is 0. The lowest BCUT2D eigenvalue weighted by Gasteiger charge is -2.28. The number of aromatic carboxylic acids is 1. The highest BCUT2D eigenvalue weighted by Gasteiger charge is 2.21. The minimum absolute atomic E-state index is 0.371. The number of unbranched alkanes of at least 4 members (excludes halogenated alkanes) is 3. The zero-order valence-corrected chi connectivity index (χ0v) is 15.0. The summed E-state index contributed by atoms with van der Waals surface area (Å²) in [5.74, 6) is -0.0568. The Morgan fingerprint density at radius 2 is 1.79 bits per heavy atom. The van der Waals surface area contributed by atoms with Gasteiger partial charge in [0.2, 0.25) is 0 Å². The van der Waals surface area contributed by atoms with Gasteiger partial charge in [-0.05, 0) is 68.6 Å². The molecule has 0 aliphatic heterocycles. The number of hydrogen-bond donors (Lipinski definition) is 1. The summed E-state index contributed by atoms with van der Waals surface area (Å²) < 4.78 is 6.02. The Balaban J connectivity index is 1.60. The molecule has 0 spiro atoms. The molecule has 0 aromatic heterocycles. The molecule has 1 saturated carbocycles. The Morgan fingerprint density at radius 3 is 2.42 bits per heavy atom. The van der Waals surface area contributed by atoms with Gasteiger partial charge in [-0.15, -0.1) is 0 Å². The van der Waals surface area contributed by atoms with Gasteiger partial charge in [0.1, 0.15) is 0 Å². The van der Waals surface area contributed by atoms with E-state index in [1.807, 2.05) is 12.1 Å². The first kappa shape index (κ1) is 19.0. The molecule has 0 unspecified atom stereocenters. The molecular weight excluding hydrogens is 300 g/mol. The van der Waals surface area contributed by atoms with E-state index >= 15 is 0 Å². The number of carboxylic acids is 1. The summed E-state index contributed by atoms with van der Waals surface area (Å²) >= 11 is 0. The van der Waals surface area contributed by atoms with Crippen molar-refractivity contribution in [3.05, 3.63) is 35.4 Å². The van der Waals surface area contributed by atoms with Crippen LogP contribution in [0.1, 0.15) is 80.6 Å². The molecule has 134 valence electrons. The van der Waals surface area contributed by atoms with E-state index < -0.39 is 5.97 Å². The molecule has 1 aliphatic rings. The normalized spacial score (nSPS) is 20.9. The van der Waals surface area contributed by atoms with Crippen LogP contribution in [0.2, 0.25) is 0 Å². The summed E-state index contributed by atoms with van der Waals surface area (Å²) in [6, 6.07) is 7.32. The highest BCUT2D eigenvalue weighted by Crippen LogP contribution is 2.29. The maximum Gasteiger partial charge on any atom is 0.335 e. The highest BCUT2D eigenvalue weighted by molar-refractivity contribution is 5.87. The van der Waals surface area contributed by atoms with Gasteiger partial charge < -0.3 is 9.84 Å². The number of hydrogen-bond acceptors (Lipinski definition) is 2. The van der Waals surface area contributed by atoms with Crippen LogP contribution in [0.25, 0.3) is 0 Å². The van der Waals surface area contributed by atoms with Crippen molar-refractivity contribution >= 4 is 5.97 Å². The molecule has 1 N–H and O–H groups in total. The van der Waals surface area contributed by atoms with Crippen LogP contribution in [-0.2, 0) is 11.2 Å². The van der Waals surface area contributed by atoms with Gasteiger partial charge in [0.05, 0.1) is 11.7 Å². The van der Waals surface area contributed by atoms with Crippen LogP contribution in [0, 0.1) is 5.92 Å². The molecule has 3 heteroatoms. The number of ether oxygens (including phenoxy) is 1. The zero-order valence-electron chi connectivity index (χ0n) is 15.0. The van der Waals surface area contributed by atoms with E-state index in [1.54, 1.807) is 12.1 Å². The molecule has 0 atom stereocenters. The Hall–Kier alpha value is -1.35. The van der Waals surface area contributed by atoms with Crippen molar-refractivity contribution < 1.29 is 14.6 Å². The number of rotatable bonds is 10. The van der Waals surface area contributed by atoms with Gasteiger partial charge in [-0.25, -0.2) is 4.79 Å². The lowest BCUT2D eigenvalue weighted by atomic mass is 9.83. The van der Waals surface area contributed by atoms with Gasteiger partial charge in [-0.3, -0.25) is 0 Å². The van der Waals surface area contributed by atoms with E-state index in [-0.39, 0.29) is 0 Å². The second-order valence-electron chi connectivity index (χ2n) is 7.11. The monoisotopic (exact) mass is 332 g/mol. The van der Waals surface area contributed by atoms with Crippen molar-refractivity contribution in [1.82, 2.24) is 0 Å². The van der Waals surface area contributed by atoms with Crippen LogP contribution in [0.4, 0.5) is 0 Å². The summed E-state index contributed by atoms with van der Waals surface area (Å²) in [6.07, 6.45) is 12.8. The van der Waals surface area contributed by atoms with E-state index in [2.05, 4.69) is 6.92 Å². The van der Waals surface area contributed by atoms with Gasteiger partial charge in [0, 0.05) is 6.61 Å². The highest BCUT2D eigenvalue weighted by atomic mass is 16.5. The van der Waals surface area contributed by atoms with Crippen molar-refractivity contribution in [3.63, 3.8) is 0 Å². The van der Waals surface area contributed by atoms with Crippen LogP contribution in [0.3, 0.4) is 0 Å². The van der Waals surface area contributed by atoms with Crippen molar-refractivity contribution in [2.75, 3.05) is 6.61 Å². The second-order valence-corrected chi connectivity index (χ2v) is 7.11. The van der Waals surface area contributed by atoms with Crippen LogP contribution in [-0.4, -0.2) is 23.8 Å². The predicted octanol–water partition coefficient (Wildman–Crippen LogP) is 5.47. The number of carbonyl (C=O) groups is 1. The molecule has 0 amide bonds. The first-order valence-corrected chi connectivity index (χ1v) is 9.63. The first-order valence-electron chi connectivity index (χ1n) is 9.63. The van der Waals surface area contributed by atoms with Crippen LogP contribution >= 0.6 is 0 Å². The quantitative estimate of drug-likeness (QED) is 0.578. The third kappa shape index (κ3) is 6.64. The molecule has 0 radical (unpaired) electrons. The molecule has 1 aliphatic carbocycles. The van der Waals surface area contributed by atoms with Crippen molar-refractivity contribution in [1.29, 1.82) is 0 Å². The van der Waals surface area contributed by atoms with Crippen LogP contribution < -0.4 is 0 Å². The number of benzene rings is 1. The van der Waals surface area contributed by atoms with E-state index in [0.29, 0.717) is 11.7 Å². The second kappa shape index (κ2) is 10.5. The minimum atomic E-state index is -0.852. The topological polar surface area (TPSA) is 46.5 Å². The third-order valence-corrected chi connectivity index (χ3v) is 5.19. The van der Waals surface area contributed by atoms with E-state index in [4.69, 9.17) is 9.84 Å². The maximum atomic E-state index is 10.9. The van der Waals surface area contributed by atoms with Gasteiger partial charge in [0.25, 0.3) is 0 Å². The standard InChI is InChI=1S/C21H32O3/c1-2-3-4-5-16-24-20-14-10-18(11-15-20)7-6-17-8-12-19(13-9-17)21(22)23/h8-9,12-13,18,20H,2-7,10-11,14-16H2,1H3,(H,22,23). The Bertz CT molecular complexity index is 472. The third-order valence-electron chi connectivity index (χ3n) is 5.19. The zero-order chi connectivity index (χ0) is 17.2.